The third kappa shape index (κ3) is 7.09. The summed E-state index contributed by atoms with van der Waals surface area (Å²) in [4.78, 5) is 27.9. The van der Waals surface area contributed by atoms with Crippen molar-refractivity contribution in [3.8, 4) is 5.69 Å². The standard InChI is InChI=1S/C26H29BrCl2N4O2/c1-5-6-12-32(25(35)17-8-7-9-18(27)13-17)16-24(34)30-23-15-22(26(2,3)4)31-33(23)19-10-11-20(28)21(29)14-19/h7-11,13-15H,5-6,12,16H2,1-4H3,(H,30,34). The van der Waals surface area contributed by atoms with Crippen molar-refractivity contribution in [2.45, 2.75) is 46.0 Å². The first-order chi connectivity index (χ1) is 16.5. The Morgan fingerprint density at radius 1 is 1.09 bits per heavy atom. The van der Waals surface area contributed by atoms with Crippen LogP contribution in [0, 0.1) is 0 Å². The topological polar surface area (TPSA) is 67.2 Å². The average molecular weight is 580 g/mol. The van der Waals surface area contributed by atoms with Gasteiger partial charge in [-0.05, 0) is 42.8 Å². The Bertz CT molecular complexity index is 1220. The lowest BCUT2D eigenvalue weighted by atomic mass is 9.92. The zero-order valence-corrected chi connectivity index (χ0v) is 23.3. The van der Waals surface area contributed by atoms with Gasteiger partial charge < -0.3 is 10.2 Å². The van der Waals surface area contributed by atoms with E-state index in [4.69, 9.17) is 28.3 Å². The molecule has 0 aliphatic carbocycles. The molecule has 0 radical (unpaired) electrons. The number of benzene rings is 2. The van der Waals surface area contributed by atoms with Gasteiger partial charge in [0.1, 0.15) is 12.4 Å². The van der Waals surface area contributed by atoms with Crippen LogP contribution in [0.15, 0.2) is 53.0 Å². The van der Waals surface area contributed by atoms with E-state index < -0.39 is 0 Å². The molecule has 35 heavy (non-hydrogen) atoms. The number of halogens is 3. The van der Waals surface area contributed by atoms with Gasteiger partial charge in [0.25, 0.3) is 5.91 Å². The first-order valence-corrected chi connectivity index (χ1v) is 12.9. The highest BCUT2D eigenvalue weighted by Gasteiger charge is 2.24. The van der Waals surface area contributed by atoms with Crippen LogP contribution in [0.4, 0.5) is 5.82 Å². The van der Waals surface area contributed by atoms with Crippen molar-refractivity contribution in [3.05, 3.63) is 74.3 Å². The Kier molecular flexibility index (Phi) is 9.02. The highest BCUT2D eigenvalue weighted by molar-refractivity contribution is 9.10. The van der Waals surface area contributed by atoms with Crippen molar-refractivity contribution in [2.24, 2.45) is 0 Å². The SMILES string of the molecule is CCCCN(CC(=O)Nc1cc(C(C)(C)C)nn1-c1ccc(Cl)c(Cl)c1)C(=O)c1cccc(Br)c1. The fraction of sp³-hybridized carbons (Fsp3) is 0.346. The molecule has 6 nitrogen and oxygen atoms in total. The monoisotopic (exact) mass is 578 g/mol. The van der Waals surface area contributed by atoms with Crippen LogP contribution in [0.1, 0.15) is 56.6 Å². The van der Waals surface area contributed by atoms with Gasteiger partial charge in [0.15, 0.2) is 0 Å². The zero-order chi connectivity index (χ0) is 25.8. The first-order valence-electron chi connectivity index (χ1n) is 11.4. The molecule has 1 N–H and O–H groups in total. The van der Waals surface area contributed by atoms with Crippen molar-refractivity contribution < 1.29 is 9.59 Å². The number of carbonyl (C=O) groups excluding carboxylic acids is 2. The number of nitrogens with one attached hydrogen (secondary N) is 1. The number of aromatic nitrogens is 2. The number of nitrogens with zero attached hydrogens (tertiary/aromatic N) is 3. The summed E-state index contributed by atoms with van der Waals surface area (Å²) in [5, 5.41) is 8.47. The van der Waals surface area contributed by atoms with Gasteiger partial charge in [-0.1, -0.05) is 79.3 Å². The number of hydrogen-bond donors (Lipinski definition) is 1. The van der Waals surface area contributed by atoms with Crippen LogP contribution in [0.25, 0.3) is 5.69 Å². The maximum Gasteiger partial charge on any atom is 0.254 e. The third-order valence-corrected chi connectivity index (χ3v) is 6.60. The summed E-state index contributed by atoms with van der Waals surface area (Å²) in [5.74, 6) is -0.0157. The fourth-order valence-electron chi connectivity index (χ4n) is 3.41. The lowest BCUT2D eigenvalue weighted by molar-refractivity contribution is -0.116. The normalized spacial score (nSPS) is 11.4. The van der Waals surface area contributed by atoms with E-state index in [1.165, 1.54) is 0 Å². The summed E-state index contributed by atoms with van der Waals surface area (Å²) in [5.41, 5.74) is 1.74. The van der Waals surface area contributed by atoms with Gasteiger partial charge in [-0.15, -0.1) is 0 Å². The zero-order valence-electron chi connectivity index (χ0n) is 20.2. The number of unbranched alkanes of at least 4 members (excludes halogenated alkanes) is 1. The maximum absolute atomic E-state index is 13.2. The molecule has 3 rings (SSSR count). The Hall–Kier alpha value is -2.35. The van der Waals surface area contributed by atoms with Crippen molar-refractivity contribution in [3.63, 3.8) is 0 Å². The van der Waals surface area contributed by atoms with E-state index in [0.717, 1.165) is 23.0 Å². The van der Waals surface area contributed by atoms with Crippen LogP contribution >= 0.6 is 39.1 Å². The van der Waals surface area contributed by atoms with Gasteiger partial charge in [0.05, 0.1) is 21.4 Å². The van der Waals surface area contributed by atoms with E-state index in [2.05, 4.69) is 21.2 Å². The van der Waals surface area contributed by atoms with Crippen LogP contribution in [-0.2, 0) is 10.2 Å². The third-order valence-electron chi connectivity index (χ3n) is 5.37. The molecule has 0 spiro atoms. The van der Waals surface area contributed by atoms with Gasteiger partial charge in [-0.2, -0.15) is 5.10 Å². The Balaban J connectivity index is 1.88. The molecule has 0 fully saturated rings. The molecule has 0 saturated heterocycles. The highest BCUT2D eigenvalue weighted by atomic mass is 79.9. The van der Waals surface area contributed by atoms with Crippen molar-refractivity contribution in [2.75, 3.05) is 18.4 Å². The molecular formula is C26H29BrCl2N4O2. The molecule has 0 unspecified atom stereocenters. The minimum Gasteiger partial charge on any atom is -0.329 e. The van der Waals surface area contributed by atoms with E-state index >= 15 is 0 Å². The molecule has 0 aliphatic rings. The van der Waals surface area contributed by atoms with E-state index in [9.17, 15) is 9.59 Å². The molecule has 0 aliphatic heterocycles. The quantitative estimate of drug-likeness (QED) is 0.309. The second-order valence-corrected chi connectivity index (χ2v) is 11.0. The average Bonchev–Trinajstić information content (AvgIpc) is 3.22. The van der Waals surface area contributed by atoms with Crippen LogP contribution in [0.5, 0.6) is 0 Å². The lowest BCUT2D eigenvalue weighted by Crippen LogP contribution is -2.39. The number of amides is 2. The molecule has 186 valence electrons. The highest BCUT2D eigenvalue weighted by Crippen LogP contribution is 2.29. The van der Waals surface area contributed by atoms with Crippen LogP contribution in [0.3, 0.4) is 0 Å². The van der Waals surface area contributed by atoms with Crippen molar-refractivity contribution >= 4 is 56.8 Å². The summed E-state index contributed by atoms with van der Waals surface area (Å²) in [6, 6.07) is 14.2. The first kappa shape index (κ1) is 27.2. The number of rotatable bonds is 8. The minimum absolute atomic E-state index is 0.0806. The van der Waals surface area contributed by atoms with E-state index in [0.29, 0.717) is 33.7 Å². The Morgan fingerprint density at radius 2 is 1.83 bits per heavy atom. The van der Waals surface area contributed by atoms with Crippen LogP contribution in [0.2, 0.25) is 10.0 Å². The maximum atomic E-state index is 13.2. The molecule has 9 heteroatoms. The lowest BCUT2D eigenvalue weighted by Gasteiger charge is -2.22. The number of carbonyl (C=O) groups is 2. The largest absolute Gasteiger partial charge is 0.329 e. The predicted molar refractivity (Wildman–Crippen MR) is 146 cm³/mol. The molecule has 3 aromatic rings. The molecule has 1 heterocycles. The second-order valence-electron chi connectivity index (χ2n) is 9.31. The van der Waals surface area contributed by atoms with Gasteiger partial charge >= 0.3 is 0 Å². The summed E-state index contributed by atoms with van der Waals surface area (Å²) >= 11 is 15.7. The summed E-state index contributed by atoms with van der Waals surface area (Å²) in [7, 11) is 0. The van der Waals surface area contributed by atoms with E-state index in [-0.39, 0.29) is 23.8 Å². The second kappa shape index (κ2) is 11.6. The molecule has 0 saturated carbocycles. The smallest absolute Gasteiger partial charge is 0.254 e. The van der Waals surface area contributed by atoms with Crippen molar-refractivity contribution in [1.82, 2.24) is 14.7 Å². The summed E-state index contributed by atoms with van der Waals surface area (Å²) in [6.07, 6.45) is 1.70. The Labute approximate surface area is 224 Å². The summed E-state index contributed by atoms with van der Waals surface area (Å²) in [6.45, 7) is 8.58. The molecule has 2 aromatic carbocycles. The predicted octanol–water partition coefficient (Wildman–Crippen LogP) is 7.12. The number of anilines is 1. The van der Waals surface area contributed by atoms with Gasteiger partial charge in [0, 0.05) is 28.1 Å². The van der Waals surface area contributed by atoms with E-state index in [1.54, 1.807) is 46.0 Å². The molecule has 1 aromatic heterocycles. The minimum atomic E-state index is -0.314. The Morgan fingerprint density at radius 3 is 2.46 bits per heavy atom. The van der Waals surface area contributed by atoms with Gasteiger partial charge in [0.2, 0.25) is 5.91 Å². The van der Waals surface area contributed by atoms with Gasteiger partial charge in [-0.3, -0.25) is 9.59 Å². The fourth-order valence-corrected chi connectivity index (χ4v) is 4.10. The molecule has 0 bridgehead atoms. The molecule has 0 atom stereocenters. The van der Waals surface area contributed by atoms with Crippen LogP contribution in [-0.4, -0.2) is 39.6 Å². The van der Waals surface area contributed by atoms with Crippen LogP contribution < -0.4 is 5.32 Å². The molecule has 2 amide bonds. The number of hydrogen-bond acceptors (Lipinski definition) is 3. The van der Waals surface area contributed by atoms with Gasteiger partial charge in [-0.25, -0.2) is 4.68 Å². The molecular weight excluding hydrogens is 551 g/mol. The summed E-state index contributed by atoms with van der Waals surface area (Å²) < 4.78 is 2.44. The van der Waals surface area contributed by atoms with Crippen molar-refractivity contribution in [1.29, 1.82) is 0 Å². The van der Waals surface area contributed by atoms with E-state index in [1.807, 2.05) is 39.8 Å².